The number of carbonyl (C=O) groups excluding carboxylic acids is 1. The molecule has 23 heavy (non-hydrogen) atoms. The number of para-hydroxylation sites is 1. The second-order valence-corrected chi connectivity index (χ2v) is 5.47. The Labute approximate surface area is 135 Å². The van der Waals surface area contributed by atoms with Gasteiger partial charge in [-0.1, -0.05) is 30.3 Å². The lowest BCUT2D eigenvalue weighted by Crippen LogP contribution is -2.27. The maximum Gasteiger partial charge on any atom is 0.317 e. The minimum absolute atomic E-state index is 0.00750. The van der Waals surface area contributed by atoms with E-state index in [1.54, 1.807) is 0 Å². The van der Waals surface area contributed by atoms with Crippen molar-refractivity contribution in [2.24, 2.45) is 0 Å². The molecule has 0 radical (unpaired) electrons. The maximum absolute atomic E-state index is 11.7. The second-order valence-electron chi connectivity index (χ2n) is 5.47. The number of urea groups is 1. The van der Waals surface area contributed by atoms with Gasteiger partial charge < -0.3 is 15.5 Å². The number of carbonyl (C=O) groups is 1. The van der Waals surface area contributed by atoms with Crippen LogP contribution in [-0.2, 0) is 13.1 Å². The first-order valence-corrected chi connectivity index (χ1v) is 7.60. The Morgan fingerprint density at radius 2 is 1.96 bits per heavy atom. The summed E-state index contributed by atoms with van der Waals surface area (Å²) in [4.78, 5) is 13.5. The number of benzene rings is 2. The number of nitriles is 1. The van der Waals surface area contributed by atoms with Crippen LogP contribution in [0, 0.1) is 11.3 Å². The Bertz CT molecular complexity index is 733. The van der Waals surface area contributed by atoms with Crippen molar-refractivity contribution in [1.29, 1.82) is 5.26 Å². The van der Waals surface area contributed by atoms with Gasteiger partial charge in [-0.2, -0.15) is 5.26 Å². The van der Waals surface area contributed by atoms with Gasteiger partial charge in [0.15, 0.2) is 0 Å². The third kappa shape index (κ3) is 3.61. The van der Waals surface area contributed by atoms with Gasteiger partial charge in [-0.15, -0.1) is 0 Å². The van der Waals surface area contributed by atoms with Crippen molar-refractivity contribution in [1.82, 2.24) is 10.2 Å². The van der Waals surface area contributed by atoms with Gasteiger partial charge in [-0.3, -0.25) is 0 Å². The highest BCUT2D eigenvalue weighted by molar-refractivity contribution is 5.76. The molecule has 5 nitrogen and oxygen atoms in total. The molecule has 0 bridgehead atoms. The van der Waals surface area contributed by atoms with E-state index >= 15 is 0 Å². The monoisotopic (exact) mass is 306 g/mol. The highest BCUT2D eigenvalue weighted by Crippen LogP contribution is 2.19. The van der Waals surface area contributed by atoms with Crippen molar-refractivity contribution >= 4 is 11.7 Å². The van der Waals surface area contributed by atoms with Crippen molar-refractivity contribution < 1.29 is 4.79 Å². The highest BCUT2D eigenvalue weighted by atomic mass is 16.2. The second kappa shape index (κ2) is 6.84. The molecule has 3 rings (SSSR count). The summed E-state index contributed by atoms with van der Waals surface area (Å²) < 4.78 is 0. The van der Waals surface area contributed by atoms with Crippen LogP contribution in [0.25, 0.3) is 0 Å². The molecule has 1 aliphatic rings. The summed E-state index contributed by atoms with van der Waals surface area (Å²) in [6.07, 6.45) is 0. The highest BCUT2D eigenvalue weighted by Gasteiger charge is 2.20. The molecule has 0 atom stereocenters. The lowest BCUT2D eigenvalue weighted by Gasteiger charge is -2.18. The van der Waals surface area contributed by atoms with Crippen molar-refractivity contribution in [2.45, 2.75) is 13.1 Å². The van der Waals surface area contributed by atoms with Crippen LogP contribution in [0.5, 0.6) is 0 Å². The van der Waals surface area contributed by atoms with Crippen LogP contribution in [0.4, 0.5) is 10.5 Å². The third-order valence-electron chi connectivity index (χ3n) is 3.89. The number of anilines is 1. The Hall–Kier alpha value is -3.00. The summed E-state index contributed by atoms with van der Waals surface area (Å²) in [6.45, 7) is 2.72. The molecular formula is C18H18N4O. The molecule has 0 aliphatic carbocycles. The molecule has 116 valence electrons. The first-order chi connectivity index (χ1) is 11.3. The maximum atomic E-state index is 11.7. The molecule has 2 N–H and O–H groups in total. The fourth-order valence-corrected chi connectivity index (χ4v) is 2.59. The summed E-state index contributed by atoms with van der Waals surface area (Å²) in [5.74, 6) is 0. The quantitative estimate of drug-likeness (QED) is 0.892. The van der Waals surface area contributed by atoms with Gasteiger partial charge in [0.1, 0.15) is 0 Å². The van der Waals surface area contributed by atoms with Crippen LogP contribution < -0.4 is 10.6 Å². The molecule has 2 amide bonds. The van der Waals surface area contributed by atoms with Gasteiger partial charge in [0.2, 0.25) is 0 Å². The van der Waals surface area contributed by atoms with E-state index in [-0.39, 0.29) is 6.03 Å². The SMILES string of the molecule is N#Cc1ccc(CNc2ccccc2CN2CCNC2=O)cc1. The molecule has 5 heteroatoms. The van der Waals surface area contributed by atoms with E-state index in [1.807, 2.05) is 53.4 Å². The van der Waals surface area contributed by atoms with Crippen LogP contribution in [0.1, 0.15) is 16.7 Å². The Morgan fingerprint density at radius 3 is 2.65 bits per heavy atom. The molecule has 0 saturated carbocycles. The van der Waals surface area contributed by atoms with Crippen molar-refractivity contribution in [2.75, 3.05) is 18.4 Å². The van der Waals surface area contributed by atoms with E-state index in [2.05, 4.69) is 16.7 Å². The van der Waals surface area contributed by atoms with E-state index in [1.165, 1.54) is 0 Å². The van der Waals surface area contributed by atoms with E-state index in [0.29, 0.717) is 25.2 Å². The number of nitrogens with zero attached hydrogens (tertiary/aromatic N) is 2. The number of amides is 2. The Kier molecular flexibility index (Phi) is 4.44. The fourth-order valence-electron chi connectivity index (χ4n) is 2.59. The standard InChI is InChI=1S/C18H18N4O/c19-11-14-5-7-15(8-6-14)12-21-17-4-2-1-3-16(17)13-22-10-9-20-18(22)23/h1-8,21H,9-10,12-13H2,(H,20,23). The van der Waals surface area contributed by atoms with Crippen LogP contribution >= 0.6 is 0 Å². The van der Waals surface area contributed by atoms with E-state index in [9.17, 15) is 4.79 Å². The smallest absolute Gasteiger partial charge is 0.317 e. The van der Waals surface area contributed by atoms with Crippen molar-refractivity contribution in [3.05, 3.63) is 65.2 Å². The molecule has 0 spiro atoms. The minimum atomic E-state index is -0.00750. The molecule has 1 aliphatic heterocycles. The zero-order chi connectivity index (χ0) is 16.1. The average Bonchev–Trinajstić information content (AvgIpc) is 2.99. The zero-order valence-corrected chi connectivity index (χ0v) is 12.7. The van der Waals surface area contributed by atoms with Gasteiger partial charge in [-0.05, 0) is 29.3 Å². The Morgan fingerprint density at radius 1 is 1.17 bits per heavy atom. The van der Waals surface area contributed by atoms with Gasteiger partial charge >= 0.3 is 6.03 Å². The van der Waals surface area contributed by atoms with Gasteiger partial charge in [-0.25, -0.2) is 4.79 Å². The Balaban J connectivity index is 1.67. The normalized spacial score (nSPS) is 13.5. The molecule has 1 fully saturated rings. The molecule has 1 saturated heterocycles. The first-order valence-electron chi connectivity index (χ1n) is 7.60. The van der Waals surface area contributed by atoms with Crippen LogP contribution in [0.3, 0.4) is 0 Å². The zero-order valence-electron chi connectivity index (χ0n) is 12.7. The molecule has 0 unspecified atom stereocenters. The summed E-state index contributed by atoms with van der Waals surface area (Å²) in [5, 5.41) is 15.1. The predicted octanol–water partition coefficient (Wildman–Crippen LogP) is 2.70. The summed E-state index contributed by atoms with van der Waals surface area (Å²) >= 11 is 0. The number of hydrogen-bond acceptors (Lipinski definition) is 3. The number of hydrogen-bond donors (Lipinski definition) is 2. The van der Waals surface area contributed by atoms with Gasteiger partial charge in [0.05, 0.1) is 11.6 Å². The molecule has 2 aromatic rings. The van der Waals surface area contributed by atoms with Crippen LogP contribution in [-0.4, -0.2) is 24.0 Å². The lowest BCUT2D eigenvalue weighted by atomic mass is 10.1. The average molecular weight is 306 g/mol. The predicted molar refractivity (Wildman–Crippen MR) is 88.7 cm³/mol. The van der Waals surface area contributed by atoms with Crippen molar-refractivity contribution in [3.63, 3.8) is 0 Å². The lowest BCUT2D eigenvalue weighted by molar-refractivity contribution is 0.215. The van der Waals surface area contributed by atoms with Gasteiger partial charge in [0.25, 0.3) is 0 Å². The first kappa shape index (κ1) is 14.9. The minimum Gasteiger partial charge on any atom is -0.381 e. The van der Waals surface area contributed by atoms with Crippen molar-refractivity contribution in [3.8, 4) is 6.07 Å². The molecule has 0 aromatic heterocycles. The van der Waals surface area contributed by atoms with Crippen LogP contribution in [0.15, 0.2) is 48.5 Å². The summed E-state index contributed by atoms with van der Waals surface area (Å²) in [7, 11) is 0. The largest absolute Gasteiger partial charge is 0.381 e. The fraction of sp³-hybridized carbons (Fsp3) is 0.222. The van der Waals surface area contributed by atoms with E-state index < -0.39 is 0 Å². The summed E-state index contributed by atoms with van der Waals surface area (Å²) in [6, 6.07) is 17.7. The summed E-state index contributed by atoms with van der Waals surface area (Å²) in [5.41, 5.74) is 3.89. The topological polar surface area (TPSA) is 68.2 Å². The number of nitrogens with one attached hydrogen (secondary N) is 2. The van der Waals surface area contributed by atoms with Crippen LogP contribution in [0.2, 0.25) is 0 Å². The van der Waals surface area contributed by atoms with E-state index in [0.717, 1.165) is 23.4 Å². The molecular weight excluding hydrogens is 288 g/mol. The molecule has 2 aromatic carbocycles. The van der Waals surface area contributed by atoms with Gasteiger partial charge in [0, 0.05) is 31.9 Å². The van der Waals surface area contributed by atoms with E-state index in [4.69, 9.17) is 5.26 Å². The number of rotatable bonds is 5. The molecule has 1 heterocycles. The third-order valence-corrected chi connectivity index (χ3v) is 3.89.